The number of hydrogen-bond acceptors (Lipinski definition) is 4. The lowest BCUT2D eigenvalue weighted by molar-refractivity contribution is 0.0969. The van der Waals surface area contributed by atoms with Crippen molar-refractivity contribution in [1.82, 2.24) is 9.62 Å². The average molecular weight is 288 g/mol. The Morgan fingerprint density at radius 1 is 1.42 bits per heavy atom. The van der Waals surface area contributed by atoms with Gasteiger partial charge in [-0.15, -0.1) is 0 Å². The molecule has 2 rings (SSSR count). The number of benzene rings is 1. The number of rotatable bonds is 4. The fourth-order valence-corrected chi connectivity index (χ4v) is 3.50. The van der Waals surface area contributed by atoms with E-state index in [0.29, 0.717) is 13.1 Å². The number of sulfonamides is 1. The molecule has 0 radical (unpaired) electrons. The lowest BCUT2D eigenvalue weighted by Gasteiger charge is -2.18. The average Bonchev–Trinajstić information content (AvgIpc) is 2.68. The number of nitrogens with one attached hydrogen (secondary N) is 1. The third-order valence-corrected chi connectivity index (χ3v) is 4.65. The van der Waals surface area contributed by atoms with E-state index in [4.69, 9.17) is 4.74 Å². The minimum absolute atomic E-state index is 0.0723. The molecule has 106 valence electrons. The largest absolute Gasteiger partial charge is 0.378 e. The molecule has 1 aliphatic heterocycles. The van der Waals surface area contributed by atoms with Crippen LogP contribution in [0.3, 0.4) is 0 Å². The van der Waals surface area contributed by atoms with Crippen molar-refractivity contribution >= 4 is 10.0 Å². The summed E-state index contributed by atoms with van der Waals surface area (Å²) in [5, 5.41) is 0. The maximum absolute atomic E-state index is 13.1. The van der Waals surface area contributed by atoms with Gasteiger partial charge in [-0.1, -0.05) is 6.07 Å². The number of methoxy groups -OCH3 is 1. The van der Waals surface area contributed by atoms with Crippen molar-refractivity contribution in [3.63, 3.8) is 0 Å². The van der Waals surface area contributed by atoms with E-state index in [9.17, 15) is 12.8 Å². The van der Waals surface area contributed by atoms with E-state index in [2.05, 4.69) is 4.72 Å². The van der Waals surface area contributed by atoms with Crippen LogP contribution in [0.5, 0.6) is 0 Å². The van der Waals surface area contributed by atoms with E-state index in [1.165, 1.54) is 18.2 Å². The summed E-state index contributed by atoms with van der Waals surface area (Å²) in [4.78, 5) is 1.91. The zero-order valence-electron chi connectivity index (χ0n) is 10.8. The summed E-state index contributed by atoms with van der Waals surface area (Å²) in [5.41, 5.74) is 0. The van der Waals surface area contributed by atoms with Gasteiger partial charge < -0.3 is 9.64 Å². The molecule has 1 saturated heterocycles. The van der Waals surface area contributed by atoms with Crippen molar-refractivity contribution in [1.29, 1.82) is 0 Å². The molecular formula is C12H17FN2O3S. The maximum Gasteiger partial charge on any atom is 0.241 e. The molecule has 0 saturated carbocycles. The molecule has 2 unspecified atom stereocenters. The number of nitrogens with zero attached hydrogens (tertiary/aromatic N) is 1. The van der Waals surface area contributed by atoms with Gasteiger partial charge in [-0.2, -0.15) is 0 Å². The van der Waals surface area contributed by atoms with Gasteiger partial charge in [0.25, 0.3) is 0 Å². The van der Waals surface area contributed by atoms with Crippen LogP contribution in [0.2, 0.25) is 0 Å². The third kappa shape index (κ3) is 3.30. The first-order valence-corrected chi connectivity index (χ1v) is 7.40. The topological polar surface area (TPSA) is 58.6 Å². The number of halogens is 1. The monoisotopic (exact) mass is 288 g/mol. The Labute approximate surface area is 112 Å². The van der Waals surface area contributed by atoms with Crippen LogP contribution in [0.15, 0.2) is 29.2 Å². The van der Waals surface area contributed by atoms with E-state index in [1.54, 1.807) is 7.11 Å². The Bertz CT molecular complexity index is 550. The van der Waals surface area contributed by atoms with Gasteiger partial charge in [0.2, 0.25) is 10.0 Å². The predicted octanol–water partition coefficient (Wildman–Crippen LogP) is 0.433. The minimum atomic E-state index is -3.73. The molecule has 0 spiro atoms. The second-order valence-electron chi connectivity index (χ2n) is 4.68. The highest BCUT2D eigenvalue weighted by atomic mass is 32.2. The Morgan fingerprint density at radius 2 is 2.16 bits per heavy atom. The first-order valence-electron chi connectivity index (χ1n) is 5.91. The standard InChI is InChI=1S/C12H17FN2O3S/c1-15-7-11(12(8-15)18-2)14-19(16,17)10-5-3-4-9(13)6-10/h3-6,11-12,14H,7-8H2,1-2H3. The highest BCUT2D eigenvalue weighted by Crippen LogP contribution is 2.16. The first kappa shape index (κ1) is 14.4. The Morgan fingerprint density at radius 3 is 2.79 bits per heavy atom. The van der Waals surface area contributed by atoms with E-state index in [1.807, 2.05) is 11.9 Å². The van der Waals surface area contributed by atoms with E-state index >= 15 is 0 Å². The van der Waals surface area contributed by atoms with E-state index in [-0.39, 0.29) is 17.0 Å². The third-order valence-electron chi connectivity index (χ3n) is 3.16. The second-order valence-corrected chi connectivity index (χ2v) is 6.39. The van der Waals surface area contributed by atoms with Crippen LogP contribution >= 0.6 is 0 Å². The molecule has 1 heterocycles. The highest BCUT2D eigenvalue weighted by Gasteiger charge is 2.34. The molecule has 7 heteroatoms. The van der Waals surface area contributed by atoms with Crippen molar-refractivity contribution in [2.75, 3.05) is 27.2 Å². The second kappa shape index (κ2) is 5.54. The molecule has 0 aromatic heterocycles. The summed E-state index contributed by atoms with van der Waals surface area (Å²) < 4.78 is 45.2. The number of likely N-dealkylation sites (N-methyl/N-ethyl adjacent to an activating group) is 1. The van der Waals surface area contributed by atoms with Crippen molar-refractivity contribution in [2.24, 2.45) is 0 Å². The molecule has 19 heavy (non-hydrogen) atoms. The number of likely N-dealkylation sites (tertiary alicyclic amines) is 1. The van der Waals surface area contributed by atoms with Crippen LogP contribution in [-0.2, 0) is 14.8 Å². The number of hydrogen-bond donors (Lipinski definition) is 1. The normalized spacial score (nSPS) is 24.8. The van der Waals surface area contributed by atoms with Gasteiger partial charge in [-0.05, 0) is 25.2 Å². The Kier molecular flexibility index (Phi) is 4.19. The Hall–Kier alpha value is -1.02. The zero-order chi connectivity index (χ0) is 14.0. The van der Waals surface area contributed by atoms with Crippen molar-refractivity contribution < 1.29 is 17.5 Å². The zero-order valence-corrected chi connectivity index (χ0v) is 11.7. The molecule has 1 aromatic carbocycles. The molecule has 5 nitrogen and oxygen atoms in total. The van der Waals surface area contributed by atoms with Crippen LogP contribution < -0.4 is 4.72 Å². The van der Waals surface area contributed by atoms with Crippen LogP contribution in [0.1, 0.15) is 0 Å². The van der Waals surface area contributed by atoms with E-state index in [0.717, 1.165) is 6.07 Å². The van der Waals surface area contributed by atoms with Gasteiger partial charge in [-0.3, -0.25) is 0 Å². The lowest BCUT2D eigenvalue weighted by atomic mass is 10.2. The molecule has 2 atom stereocenters. The van der Waals surface area contributed by atoms with Gasteiger partial charge in [0, 0.05) is 20.2 Å². The Balaban J connectivity index is 2.18. The minimum Gasteiger partial charge on any atom is -0.378 e. The molecule has 1 aromatic rings. The van der Waals surface area contributed by atoms with Crippen LogP contribution in [0, 0.1) is 5.82 Å². The summed E-state index contributed by atoms with van der Waals surface area (Å²) in [6.45, 7) is 1.22. The SMILES string of the molecule is COC1CN(C)CC1NS(=O)(=O)c1cccc(F)c1. The van der Waals surface area contributed by atoms with E-state index < -0.39 is 15.8 Å². The van der Waals surface area contributed by atoms with Crippen LogP contribution in [0.25, 0.3) is 0 Å². The van der Waals surface area contributed by atoms with Gasteiger partial charge in [-0.25, -0.2) is 17.5 Å². The molecule has 0 aliphatic carbocycles. The molecule has 1 N–H and O–H groups in total. The van der Waals surface area contributed by atoms with Crippen molar-refractivity contribution in [3.8, 4) is 0 Å². The fourth-order valence-electron chi connectivity index (χ4n) is 2.22. The van der Waals surface area contributed by atoms with Crippen molar-refractivity contribution in [2.45, 2.75) is 17.0 Å². The van der Waals surface area contributed by atoms with Gasteiger partial charge >= 0.3 is 0 Å². The number of ether oxygens (including phenoxy) is 1. The smallest absolute Gasteiger partial charge is 0.241 e. The summed E-state index contributed by atoms with van der Waals surface area (Å²) in [6.07, 6.45) is -0.201. The van der Waals surface area contributed by atoms with Gasteiger partial charge in [0.1, 0.15) is 5.82 Å². The summed E-state index contributed by atoms with van der Waals surface area (Å²) in [5.74, 6) is -0.574. The lowest BCUT2D eigenvalue weighted by Crippen LogP contribution is -2.43. The molecule has 0 bridgehead atoms. The molecule has 1 aliphatic rings. The van der Waals surface area contributed by atoms with Crippen LogP contribution in [0.4, 0.5) is 4.39 Å². The highest BCUT2D eigenvalue weighted by molar-refractivity contribution is 7.89. The fraction of sp³-hybridized carbons (Fsp3) is 0.500. The summed E-state index contributed by atoms with van der Waals surface area (Å²) >= 11 is 0. The van der Waals surface area contributed by atoms with Gasteiger partial charge in [0.05, 0.1) is 17.0 Å². The van der Waals surface area contributed by atoms with Crippen molar-refractivity contribution in [3.05, 3.63) is 30.1 Å². The summed E-state index contributed by atoms with van der Waals surface area (Å²) in [7, 11) is -0.289. The van der Waals surface area contributed by atoms with Crippen LogP contribution in [-0.4, -0.2) is 52.7 Å². The molecule has 1 fully saturated rings. The molecular weight excluding hydrogens is 271 g/mol. The quantitative estimate of drug-likeness (QED) is 0.873. The first-order chi connectivity index (χ1) is 8.92. The van der Waals surface area contributed by atoms with Gasteiger partial charge in [0.15, 0.2) is 0 Å². The molecule has 0 amide bonds. The maximum atomic E-state index is 13.1. The predicted molar refractivity (Wildman–Crippen MR) is 68.8 cm³/mol. The summed E-state index contributed by atoms with van der Waals surface area (Å²) in [6, 6.07) is 4.62.